The fraction of sp³-hybridized carbons (Fsp3) is 0.385. The molecule has 2 aromatic carbocycles. The number of aliphatic carboxylic acids is 1. The lowest BCUT2D eigenvalue weighted by Gasteiger charge is -2.28. The Morgan fingerprint density at radius 1 is 0.971 bits per heavy atom. The van der Waals surface area contributed by atoms with Crippen LogP contribution in [0.5, 0.6) is 0 Å². The first-order valence-corrected chi connectivity index (χ1v) is 11.7. The lowest BCUT2D eigenvalue weighted by atomic mass is 9.77. The van der Waals surface area contributed by atoms with Crippen LogP contribution in [0.3, 0.4) is 0 Å². The fourth-order valence-corrected chi connectivity index (χ4v) is 4.41. The predicted octanol–water partition coefficient (Wildman–Crippen LogP) is 5.94. The molecule has 0 spiro atoms. The van der Waals surface area contributed by atoms with E-state index in [0.717, 1.165) is 31.4 Å². The summed E-state index contributed by atoms with van der Waals surface area (Å²) < 4.78 is 5.47. The van der Waals surface area contributed by atoms with Crippen molar-refractivity contribution in [2.24, 2.45) is 5.92 Å². The van der Waals surface area contributed by atoms with Crippen LogP contribution < -0.4 is 10.6 Å². The average Bonchev–Trinajstić information content (AvgIpc) is 3.29. The molecule has 0 unspecified atom stereocenters. The van der Waals surface area contributed by atoms with E-state index in [9.17, 15) is 9.59 Å². The summed E-state index contributed by atoms with van der Waals surface area (Å²) in [7, 11) is 0. The Kier molecular flexibility index (Phi) is 7.25. The Hall–Kier alpha value is -3.68. The molecule has 1 aliphatic carbocycles. The zero-order valence-electron chi connectivity index (χ0n) is 19.5. The highest BCUT2D eigenvalue weighted by Gasteiger charge is 2.24. The molecule has 1 saturated carbocycles. The number of hydrogen-bond acceptors (Lipinski definition) is 6. The summed E-state index contributed by atoms with van der Waals surface area (Å²) in [6, 6.07) is 15.8. The molecule has 0 radical (unpaired) electrons. The van der Waals surface area contributed by atoms with Crippen molar-refractivity contribution < 1.29 is 19.1 Å². The number of nitrogens with zero attached hydrogens (tertiary/aromatic N) is 2. The minimum Gasteiger partial charge on any atom is -0.481 e. The van der Waals surface area contributed by atoms with E-state index in [4.69, 9.17) is 9.52 Å². The van der Waals surface area contributed by atoms with Crippen molar-refractivity contribution in [3.05, 3.63) is 65.5 Å². The Balaban J connectivity index is 1.30. The molecule has 0 atom stereocenters. The number of hydrogen-bond donors (Lipinski definition) is 3. The van der Waals surface area contributed by atoms with Crippen molar-refractivity contribution in [2.75, 3.05) is 10.6 Å². The summed E-state index contributed by atoms with van der Waals surface area (Å²) in [6.07, 6.45) is 4.11. The van der Waals surface area contributed by atoms with E-state index in [1.165, 1.54) is 11.1 Å². The lowest BCUT2D eigenvalue weighted by molar-refractivity contribution is -0.138. The second kappa shape index (κ2) is 10.5. The van der Waals surface area contributed by atoms with E-state index in [1.807, 2.05) is 48.5 Å². The maximum absolute atomic E-state index is 12.5. The summed E-state index contributed by atoms with van der Waals surface area (Å²) in [5.41, 5.74) is 3.88. The van der Waals surface area contributed by atoms with Crippen molar-refractivity contribution in [1.82, 2.24) is 10.2 Å². The van der Waals surface area contributed by atoms with Gasteiger partial charge >= 0.3 is 23.8 Å². The smallest absolute Gasteiger partial charge is 0.320 e. The number of carbonyl (C=O) groups is 2. The van der Waals surface area contributed by atoms with Crippen LogP contribution in [0, 0.1) is 5.92 Å². The first-order valence-electron chi connectivity index (χ1n) is 11.7. The second-order valence-electron chi connectivity index (χ2n) is 9.21. The average molecular weight is 463 g/mol. The number of amides is 1. The van der Waals surface area contributed by atoms with Crippen LogP contribution in [0.25, 0.3) is 0 Å². The highest BCUT2D eigenvalue weighted by atomic mass is 16.4. The first kappa shape index (κ1) is 23.5. The number of carboxylic acid groups (broad SMARTS) is 1. The van der Waals surface area contributed by atoms with Crippen molar-refractivity contribution in [3.8, 4) is 0 Å². The van der Waals surface area contributed by atoms with Gasteiger partial charge in [-0.15, -0.1) is 5.10 Å². The van der Waals surface area contributed by atoms with Crippen LogP contribution in [0.1, 0.15) is 79.6 Å². The maximum atomic E-state index is 12.5. The summed E-state index contributed by atoms with van der Waals surface area (Å²) in [5.74, 6) is -0.164. The zero-order chi connectivity index (χ0) is 24.1. The van der Waals surface area contributed by atoms with Crippen molar-refractivity contribution in [1.29, 1.82) is 0 Å². The monoisotopic (exact) mass is 462 g/mol. The summed E-state index contributed by atoms with van der Waals surface area (Å²) >= 11 is 0. The van der Waals surface area contributed by atoms with E-state index >= 15 is 0 Å². The molecule has 178 valence electrons. The first-order chi connectivity index (χ1) is 16.4. The molecule has 4 rings (SSSR count). The minimum atomic E-state index is -0.715. The summed E-state index contributed by atoms with van der Waals surface area (Å²) in [5, 5.41) is 22.5. The van der Waals surface area contributed by atoms with Gasteiger partial charge in [-0.1, -0.05) is 43.2 Å². The lowest BCUT2D eigenvalue weighted by Crippen LogP contribution is -2.16. The molecular formula is C26H30N4O4. The van der Waals surface area contributed by atoms with Gasteiger partial charge in [0.15, 0.2) is 0 Å². The third kappa shape index (κ3) is 6.01. The van der Waals surface area contributed by atoms with Crippen molar-refractivity contribution >= 4 is 29.3 Å². The van der Waals surface area contributed by atoms with Gasteiger partial charge in [0.05, 0.1) is 0 Å². The summed E-state index contributed by atoms with van der Waals surface area (Å²) in [4.78, 5) is 23.4. The molecule has 0 aliphatic heterocycles. The number of aromatic nitrogens is 2. The van der Waals surface area contributed by atoms with Gasteiger partial charge < -0.3 is 20.2 Å². The van der Waals surface area contributed by atoms with Crippen molar-refractivity contribution in [2.45, 2.75) is 57.8 Å². The molecule has 1 aromatic heterocycles. The standard InChI is InChI=1S/C26H30N4O4/c1-16(2)18-7-11-22(12-8-18)28-26-30-29-25(34-26)24(33)27-21-13-9-20(10-14-21)19-5-3-17(4-6-19)15-23(31)32/h7-14,16-17,19H,3-6,15H2,1-2H3,(H,27,33)(H,28,30)(H,31,32)/t17-,19-. The number of carboxylic acids is 1. The molecule has 1 heterocycles. The van der Waals surface area contributed by atoms with Gasteiger partial charge in [0.1, 0.15) is 0 Å². The van der Waals surface area contributed by atoms with Crippen molar-refractivity contribution in [3.63, 3.8) is 0 Å². The second-order valence-corrected chi connectivity index (χ2v) is 9.21. The van der Waals surface area contributed by atoms with Gasteiger partial charge in [-0.2, -0.15) is 0 Å². The van der Waals surface area contributed by atoms with E-state index < -0.39 is 11.9 Å². The van der Waals surface area contributed by atoms with E-state index in [0.29, 0.717) is 17.5 Å². The topological polar surface area (TPSA) is 117 Å². The minimum absolute atomic E-state index is 0.123. The van der Waals surface area contributed by atoms with Gasteiger partial charge in [-0.05, 0) is 78.8 Å². The molecule has 1 fully saturated rings. The third-order valence-corrected chi connectivity index (χ3v) is 6.40. The molecular weight excluding hydrogens is 432 g/mol. The van der Waals surface area contributed by atoms with Crippen LogP contribution in [0.15, 0.2) is 52.9 Å². The Bertz CT molecular complexity index is 1110. The Morgan fingerprint density at radius 2 is 1.62 bits per heavy atom. The molecule has 34 heavy (non-hydrogen) atoms. The third-order valence-electron chi connectivity index (χ3n) is 6.40. The normalized spacial score (nSPS) is 18.0. The van der Waals surface area contributed by atoms with Gasteiger partial charge in [-0.3, -0.25) is 9.59 Å². The Morgan fingerprint density at radius 3 is 2.24 bits per heavy atom. The van der Waals surface area contributed by atoms with Crippen LogP contribution in [-0.4, -0.2) is 27.2 Å². The van der Waals surface area contributed by atoms with Crippen LogP contribution >= 0.6 is 0 Å². The number of nitrogens with one attached hydrogen (secondary N) is 2. The van der Waals surface area contributed by atoms with Crippen LogP contribution in [-0.2, 0) is 4.79 Å². The maximum Gasteiger partial charge on any atom is 0.320 e. The molecule has 3 aromatic rings. The molecule has 3 N–H and O–H groups in total. The van der Waals surface area contributed by atoms with Crippen LogP contribution in [0.2, 0.25) is 0 Å². The molecule has 1 aliphatic rings. The van der Waals surface area contributed by atoms with Gasteiger partial charge in [0.2, 0.25) is 0 Å². The SMILES string of the molecule is CC(C)c1ccc(Nc2nnc(C(=O)Nc3ccc([C@H]4CC[C@H](CC(=O)O)CC4)cc3)o2)cc1. The Labute approximate surface area is 198 Å². The number of rotatable bonds is 8. The fourth-order valence-electron chi connectivity index (χ4n) is 4.41. The van der Waals surface area contributed by atoms with Gasteiger partial charge in [-0.25, -0.2) is 0 Å². The van der Waals surface area contributed by atoms with E-state index in [1.54, 1.807) is 0 Å². The van der Waals surface area contributed by atoms with Gasteiger partial charge in [0, 0.05) is 17.8 Å². The number of anilines is 3. The zero-order valence-corrected chi connectivity index (χ0v) is 19.5. The predicted molar refractivity (Wildman–Crippen MR) is 129 cm³/mol. The number of carbonyl (C=O) groups excluding carboxylic acids is 1. The van der Waals surface area contributed by atoms with E-state index in [-0.39, 0.29) is 24.2 Å². The molecule has 8 nitrogen and oxygen atoms in total. The summed E-state index contributed by atoms with van der Waals surface area (Å²) in [6.45, 7) is 4.27. The molecule has 0 bridgehead atoms. The molecule has 8 heteroatoms. The highest BCUT2D eigenvalue weighted by Crippen LogP contribution is 2.37. The van der Waals surface area contributed by atoms with E-state index in [2.05, 4.69) is 34.7 Å². The van der Waals surface area contributed by atoms with Gasteiger partial charge in [0.25, 0.3) is 0 Å². The molecule has 1 amide bonds. The highest BCUT2D eigenvalue weighted by molar-refractivity contribution is 6.00. The van der Waals surface area contributed by atoms with Crippen LogP contribution in [0.4, 0.5) is 17.4 Å². The quantitative estimate of drug-likeness (QED) is 0.379. The number of benzene rings is 2. The molecule has 0 saturated heterocycles. The largest absolute Gasteiger partial charge is 0.481 e.